The maximum Gasteiger partial charge on any atom is 0.0557 e. The molecule has 0 saturated heterocycles. The van der Waals surface area contributed by atoms with Gasteiger partial charge in [-0.2, -0.15) is 0 Å². The van der Waals surface area contributed by atoms with E-state index in [4.69, 9.17) is 0 Å². The van der Waals surface area contributed by atoms with Crippen LogP contribution in [0.4, 0.5) is 0 Å². The van der Waals surface area contributed by atoms with Crippen LogP contribution in [0.3, 0.4) is 0 Å². The molecule has 0 fully saturated rings. The maximum absolute atomic E-state index is 4.13. The smallest absolute Gasteiger partial charge is 0.0557 e. The van der Waals surface area contributed by atoms with Crippen LogP contribution in [-0.2, 0) is 0 Å². The summed E-state index contributed by atoms with van der Waals surface area (Å²) in [6, 6.07) is 4.71. The Morgan fingerprint density at radius 2 is 1.78 bits per heavy atom. The van der Waals surface area contributed by atoms with Gasteiger partial charge in [-0.15, -0.1) is 0 Å². The largest absolute Gasteiger partial charge is 0.299 e. The van der Waals surface area contributed by atoms with Crippen molar-refractivity contribution in [2.75, 3.05) is 14.1 Å². The molecule has 2 rings (SSSR count). The first-order valence-electron chi connectivity index (χ1n) is 7.04. The monoisotopic (exact) mass is 244 g/mol. The molecule has 2 nitrogen and oxygen atoms in total. The van der Waals surface area contributed by atoms with E-state index in [9.17, 15) is 0 Å². The minimum absolute atomic E-state index is 0.422. The number of allylic oxidation sites excluding steroid dienone is 1. The summed E-state index contributed by atoms with van der Waals surface area (Å²) in [5.41, 5.74) is 2.95. The van der Waals surface area contributed by atoms with Crippen molar-refractivity contribution in [3.8, 4) is 0 Å². The highest BCUT2D eigenvalue weighted by molar-refractivity contribution is 5.26. The van der Waals surface area contributed by atoms with Crippen LogP contribution in [0.2, 0.25) is 0 Å². The van der Waals surface area contributed by atoms with Gasteiger partial charge in [-0.1, -0.05) is 24.5 Å². The van der Waals surface area contributed by atoms with Crippen LogP contribution in [0.15, 0.2) is 36.2 Å². The van der Waals surface area contributed by atoms with Crippen LogP contribution in [-0.4, -0.2) is 24.0 Å². The lowest BCUT2D eigenvalue weighted by Gasteiger charge is -2.28. The Bertz CT molecular complexity index is 381. The standard InChI is InChI=1S/C16H24N2/c1-18(2)16(15-10-12-17-13-11-15)14-8-6-4-3-5-7-9-14/h8,10-13,16H,3-7,9H2,1-2H3. The normalized spacial score (nSPS) is 18.9. The van der Waals surface area contributed by atoms with Crippen molar-refractivity contribution in [2.45, 2.75) is 44.6 Å². The van der Waals surface area contributed by atoms with Crippen molar-refractivity contribution in [1.29, 1.82) is 0 Å². The summed E-state index contributed by atoms with van der Waals surface area (Å²) in [5, 5.41) is 0. The fourth-order valence-corrected chi connectivity index (χ4v) is 2.85. The van der Waals surface area contributed by atoms with Gasteiger partial charge in [0.2, 0.25) is 0 Å². The van der Waals surface area contributed by atoms with Crippen LogP contribution >= 0.6 is 0 Å². The molecule has 0 aromatic carbocycles. The number of rotatable bonds is 3. The Balaban J connectivity index is 2.24. The number of pyridine rings is 1. The summed E-state index contributed by atoms with van der Waals surface area (Å²) in [6.45, 7) is 0. The van der Waals surface area contributed by atoms with Crippen LogP contribution in [0.25, 0.3) is 0 Å². The second-order valence-corrected chi connectivity index (χ2v) is 5.38. The Hall–Kier alpha value is -1.15. The molecule has 1 atom stereocenters. The van der Waals surface area contributed by atoms with Crippen molar-refractivity contribution < 1.29 is 0 Å². The highest BCUT2D eigenvalue weighted by Crippen LogP contribution is 2.31. The average Bonchev–Trinajstić information content (AvgIpc) is 2.33. The van der Waals surface area contributed by atoms with Crippen LogP contribution < -0.4 is 0 Å². The lowest BCUT2D eigenvalue weighted by Crippen LogP contribution is -2.22. The van der Waals surface area contributed by atoms with E-state index in [1.165, 1.54) is 44.1 Å². The fraction of sp³-hybridized carbons (Fsp3) is 0.562. The molecule has 0 saturated carbocycles. The van der Waals surface area contributed by atoms with E-state index in [-0.39, 0.29) is 0 Å². The molecule has 1 aromatic heterocycles. The van der Waals surface area contributed by atoms with Crippen molar-refractivity contribution >= 4 is 0 Å². The number of nitrogens with zero attached hydrogens (tertiary/aromatic N) is 2. The van der Waals surface area contributed by atoms with Gasteiger partial charge in [-0.25, -0.2) is 0 Å². The molecule has 2 heteroatoms. The van der Waals surface area contributed by atoms with E-state index in [1.807, 2.05) is 12.4 Å². The van der Waals surface area contributed by atoms with Gasteiger partial charge in [0.15, 0.2) is 0 Å². The third kappa shape index (κ3) is 3.42. The Morgan fingerprint density at radius 1 is 1.06 bits per heavy atom. The predicted octanol–water partition coefficient (Wildman–Crippen LogP) is 3.96. The SMILES string of the molecule is CN(C)C(C1=CCCCCCC1)c1ccncc1. The first-order chi connectivity index (χ1) is 8.79. The molecule has 1 aliphatic rings. The van der Waals surface area contributed by atoms with Crippen molar-refractivity contribution in [3.63, 3.8) is 0 Å². The second-order valence-electron chi connectivity index (χ2n) is 5.38. The molecule has 1 aliphatic carbocycles. The predicted molar refractivity (Wildman–Crippen MR) is 76.5 cm³/mol. The molecular weight excluding hydrogens is 220 g/mol. The molecule has 1 aromatic rings. The fourth-order valence-electron chi connectivity index (χ4n) is 2.85. The zero-order chi connectivity index (χ0) is 12.8. The third-order valence-electron chi connectivity index (χ3n) is 3.72. The van der Waals surface area contributed by atoms with Crippen LogP contribution in [0.5, 0.6) is 0 Å². The zero-order valence-electron chi connectivity index (χ0n) is 11.6. The molecule has 0 N–H and O–H groups in total. The Morgan fingerprint density at radius 3 is 2.50 bits per heavy atom. The van der Waals surface area contributed by atoms with Gasteiger partial charge in [0.1, 0.15) is 0 Å². The first-order valence-corrected chi connectivity index (χ1v) is 7.04. The van der Waals surface area contributed by atoms with Crippen LogP contribution in [0.1, 0.15) is 50.1 Å². The molecule has 0 amide bonds. The van der Waals surface area contributed by atoms with Gasteiger partial charge in [0, 0.05) is 12.4 Å². The summed E-state index contributed by atoms with van der Waals surface area (Å²) in [7, 11) is 4.34. The summed E-state index contributed by atoms with van der Waals surface area (Å²) in [6.07, 6.45) is 14.2. The molecule has 0 bridgehead atoms. The molecule has 0 spiro atoms. The first kappa shape index (κ1) is 13.3. The van der Waals surface area contributed by atoms with E-state index >= 15 is 0 Å². The van der Waals surface area contributed by atoms with E-state index in [1.54, 1.807) is 5.57 Å². The number of hydrogen-bond acceptors (Lipinski definition) is 2. The van der Waals surface area contributed by atoms with E-state index in [2.05, 4.69) is 42.2 Å². The zero-order valence-corrected chi connectivity index (χ0v) is 11.6. The molecule has 1 unspecified atom stereocenters. The molecule has 0 radical (unpaired) electrons. The lowest BCUT2D eigenvalue weighted by atomic mass is 9.91. The van der Waals surface area contributed by atoms with Gasteiger partial charge in [0.25, 0.3) is 0 Å². The maximum atomic E-state index is 4.13. The van der Waals surface area contributed by atoms with Crippen molar-refractivity contribution in [1.82, 2.24) is 9.88 Å². The summed E-state index contributed by atoms with van der Waals surface area (Å²) in [4.78, 5) is 6.45. The highest BCUT2D eigenvalue weighted by Gasteiger charge is 2.19. The Labute approximate surface area is 111 Å². The van der Waals surface area contributed by atoms with Gasteiger partial charge in [-0.05, 0) is 57.5 Å². The summed E-state index contributed by atoms with van der Waals surface area (Å²) in [5.74, 6) is 0. The number of aromatic nitrogens is 1. The van der Waals surface area contributed by atoms with E-state index in [0.29, 0.717) is 6.04 Å². The minimum Gasteiger partial charge on any atom is -0.299 e. The second kappa shape index (κ2) is 6.69. The molecule has 18 heavy (non-hydrogen) atoms. The van der Waals surface area contributed by atoms with Gasteiger partial charge >= 0.3 is 0 Å². The number of likely N-dealkylation sites (N-methyl/N-ethyl adjacent to an activating group) is 1. The highest BCUT2D eigenvalue weighted by atomic mass is 15.1. The average molecular weight is 244 g/mol. The van der Waals surface area contributed by atoms with Gasteiger partial charge < -0.3 is 0 Å². The van der Waals surface area contributed by atoms with E-state index < -0.39 is 0 Å². The molecule has 0 aliphatic heterocycles. The summed E-state index contributed by atoms with van der Waals surface area (Å²) >= 11 is 0. The van der Waals surface area contributed by atoms with Crippen molar-refractivity contribution in [2.24, 2.45) is 0 Å². The van der Waals surface area contributed by atoms with Gasteiger partial charge in [0.05, 0.1) is 6.04 Å². The van der Waals surface area contributed by atoms with E-state index in [0.717, 1.165) is 0 Å². The van der Waals surface area contributed by atoms with Crippen molar-refractivity contribution in [3.05, 3.63) is 41.7 Å². The molecule has 98 valence electrons. The topological polar surface area (TPSA) is 16.1 Å². The minimum atomic E-state index is 0.422. The molecule has 1 heterocycles. The lowest BCUT2D eigenvalue weighted by molar-refractivity contribution is 0.327. The quantitative estimate of drug-likeness (QED) is 0.748. The number of hydrogen-bond donors (Lipinski definition) is 0. The summed E-state index contributed by atoms with van der Waals surface area (Å²) < 4.78 is 0. The van der Waals surface area contributed by atoms with Gasteiger partial charge in [-0.3, -0.25) is 9.88 Å². The molecular formula is C16H24N2. The van der Waals surface area contributed by atoms with Crippen LogP contribution in [0, 0.1) is 0 Å². The Kier molecular flexibility index (Phi) is 4.94. The third-order valence-corrected chi connectivity index (χ3v) is 3.72.